The van der Waals surface area contributed by atoms with E-state index in [9.17, 15) is 14.4 Å². The second kappa shape index (κ2) is 4.10. The zero-order chi connectivity index (χ0) is 13.7. The molecule has 19 heavy (non-hydrogen) atoms. The average Bonchev–Trinajstić information content (AvgIpc) is 2.74. The molecule has 0 aromatic carbocycles. The predicted molar refractivity (Wildman–Crippen MR) is 64.3 cm³/mol. The van der Waals surface area contributed by atoms with E-state index >= 15 is 0 Å². The van der Waals surface area contributed by atoms with Crippen LogP contribution in [0.1, 0.15) is 6.42 Å². The third kappa shape index (κ3) is 1.60. The van der Waals surface area contributed by atoms with Gasteiger partial charge in [-0.3, -0.25) is 19.3 Å². The van der Waals surface area contributed by atoms with Gasteiger partial charge in [0.15, 0.2) is 0 Å². The van der Waals surface area contributed by atoms with E-state index in [0.717, 1.165) is 0 Å². The van der Waals surface area contributed by atoms with E-state index in [-0.39, 0.29) is 28.9 Å². The summed E-state index contributed by atoms with van der Waals surface area (Å²) < 4.78 is 0. The van der Waals surface area contributed by atoms with Crippen LogP contribution in [-0.4, -0.2) is 51.4 Å². The van der Waals surface area contributed by atoms with Crippen molar-refractivity contribution in [3.8, 4) is 0 Å². The van der Waals surface area contributed by atoms with Crippen LogP contribution in [-0.2, 0) is 19.2 Å². The number of carboxylic acid groups (broad SMARTS) is 1. The molecule has 0 saturated carbocycles. The van der Waals surface area contributed by atoms with E-state index in [0.29, 0.717) is 12.0 Å². The van der Waals surface area contributed by atoms with Gasteiger partial charge >= 0.3 is 5.97 Å². The first-order valence-corrected chi connectivity index (χ1v) is 6.49. The lowest BCUT2D eigenvalue weighted by Crippen LogP contribution is -2.55. The number of hydroxylamine groups is 2. The molecule has 0 bridgehead atoms. The minimum atomic E-state index is -1.11. The van der Waals surface area contributed by atoms with Gasteiger partial charge in [0.25, 0.3) is 5.91 Å². The Morgan fingerprint density at radius 2 is 2.32 bits per heavy atom. The second-order valence-electron chi connectivity index (χ2n) is 4.27. The van der Waals surface area contributed by atoms with Crippen molar-refractivity contribution in [2.45, 2.75) is 17.8 Å². The van der Waals surface area contributed by atoms with Crippen molar-refractivity contribution in [1.82, 2.24) is 9.96 Å². The van der Waals surface area contributed by atoms with Gasteiger partial charge < -0.3 is 5.11 Å². The number of thioether (sulfide) groups is 1. The van der Waals surface area contributed by atoms with Crippen LogP contribution in [0.3, 0.4) is 0 Å². The zero-order valence-corrected chi connectivity index (χ0v) is 10.7. The molecule has 0 aliphatic carbocycles. The quantitative estimate of drug-likeness (QED) is 0.575. The molecule has 0 aromatic rings. The van der Waals surface area contributed by atoms with Gasteiger partial charge in [-0.15, -0.1) is 11.8 Å². The number of carbonyl (C=O) groups is 3. The topological polar surface area (TPSA) is 87.2 Å². The van der Waals surface area contributed by atoms with Gasteiger partial charge in [0, 0.05) is 11.0 Å². The lowest BCUT2D eigenvalue weighted by molar-refractivity contribution is -0.208. The van der Waals surface area contributed by atoms with Crippen molar-refractivity contribution in [2.75, 3.05) is 7.11 Å². The molecule has 2 saturated heterocycles. The molecule has 8 heteroatoms. The summed E-state index contributed by atoms with van der Waals surface area (Å²) in [6.45, 7) is 0. The van der Waals surface area contributed by atoms with E-state index < -0.39 is 5.97 Å². The number of β-lactam (4-membered cyclic amide) rings is 2. The molecule has 2 fully saturated rings. The fraction of sp³-hybridized carbons (Fsp3) is 0.364. The highest BCUT2D eigenvalue weighted by Crippen LogP contribution is 2.45. The maximum atomic E-state index is 11.9. The SMILES string of the molecule is CON1C(=O)C[C@@H]1/C=C1/C(=O)N2C(C(=O)O)=CS[C@H]12. The lowest BCUT2D eigenvalue weighted by atomic mass is 9.97. The maximum absolute atomic E-state index is 11.9. The predicted octanol–water partition coefficient (Wildman–Crippen LogP) is -0.0838. The Hall–Kier alpha value is -1.80. The van der Waals surface area contributed by atoms with Crippen molar-refractivity contribution in [3.05, 3.63) is 22.8 Å². The van der Waals surface area contributed by atoms with Crippen LogP contribution in [0.5, 0.6) is 0 Å². The van der Waals surface area contributed by atoms with Crippen LogP contribution < -0.4 is 0 Å². The van der Waals surface area contributed by atoms with Crippen LogP contribution in [0.15, 0.2) is 22.8 Å². The van der Waals surface area contributed by atoms with Crippen molar-refractivity contribution in [2.24, 2.45) is 0 Å². The van der Waals surface area contributed by atoms with Crippen LogP contribution in [0.25, 0.3) is 0 Å². The number of fused-ring (bicyclic) bond motifs is 1. The van der Waals surface area contributed by atoms with Crippen LogP contribution >= 0.6 is 11.8 Å². The Morgan fingerprint density at radius 3 is 2.89 bits per heavy atom. The molecule has 1 N–H and O–H groups in total. The van der Waals surface area contributed by atoms with Crippen LogP contribution in [0, 0.1) is 0 Å². The Balaban J connectivity index is 1.75. The third-order valence-corrected chi connectivity index (χ3v) is 4.33. The molecule has 2 atom stereocenters. The molecule has 3 rings (SSSR count). The van der Waals surface area contributed by atoms with Crippen LogP contribution in [0.2, 0.25) is 0 Å². The van der Waals surface area contributed by atoms with Gasteiger partial charge in [-0.25, -0.2) is 9.86 Å². The van der Waals surface area contributed by atoms with Crippen molar-refractivity contribution in [1.29, 1.82) is 0 Å². The molecule has 3 aliphatic rings. The summed E-state index contributed by atoms with van der Waals surface area (Å²) in [5, 5.41) is 11.3. The first kappa shape index (κ1) is 12.2. The summed E-state index contributed by atoms with van der Waals surface area (Å²) in [6, 6.07) is -0.243. The first-order valence-electron chi connectivity index (χ1n) is 5.55. The second-order valence-corrected chi connectivity index (χ2v) is 5.22. The molecule has 7 nitrogen and oxygen atoms in total. The molecular weight excluding hydrogens is 272 g/mol. The summed E-state index contributed by atoms with van der Waals surface area (Å²) >= 11 is 1.28. The monoisotopic (exact) mass is 282 g/mol. The van der Waals surface area contributed by atoms with Gasteiger partial charge in [0.2, 0.25) is 5.91 Å². The molecule has 0 radical (unpaired) electrons. The summed E-state index contributed by atoms with van der Waals surface area (Å²) in [4.78, 5) is 40.1. The van der Waals surface area contributed by atoms with Gasteiger partial charge in [-0.1, -0.05) is 0 Å². The van der Waals surface area contributed by atoms with Gasteiger partial charge in [-0.2, -0.15) is 0 Å². The van der Waals surface area contributed by atoms with Crippen molar-refractivity contribution < 1.29 is 24.3 Å². The summed E-state index contributed by atoms with van der Waals surface area (Å²) in [5.74, 6) is -1.56. The molecule has 3 heterocycles. The number of aliphatic carboxylic acids is 1. The van der Waals surface area contributed by atoms with E-state index in [1.165, 1.54) is 34.2 Å². The van der Waals surface area contributed by atoms with E-state index in [1.54, 1.807) is 6.08 Å². The normalized spacial score (nSPS) is 31.0. The van der Waals surface area contributed by atoms with E-state index in [1.807, 2.05) is 0 Å². The molecule has 2 amide bonds. The van der Waals surface area contributed by atoms with E-state index in [4.69, 9.17) is 9.94 Å². The smallest absolute Gasteiger partial charge is 0.353 e. The highest BCUT2D eigenvalue weighted by atomic mass is 32.2. The average molecular weight is 282 g/mol. The summed E-state index contributed by atoms with van der Waals surface area (Å²) in [6.07, 6.45) is 1.99. The number of hydrogen-bond acceptors (Lipinski definition) is 5. The Labute approximate surface area is 112 Å². The fourth-order valence-electron chi connectivity index (χ4n) is 2.28. The van der Waals surface area contributed by atoms with Gasteiger partial charge in [0.1, 0.15) is 11.1 Å². The van der Waals surface area contributed by atoms with Gasteiger partial charge in [0.05, 0.1) is 19.6 Å². The Bertz CT molecular complexity index is 555. The third-order valence-electron chi connectivity index (χ3n) is 3.25. The van der Waals surface area contributed by atoms with Crippen LogP contribution in [0.4, 0.5) is 0 Å². The first-order chi connectivity index (χ1) is 9.04. The van der Waals surface area contributed by atoms with Gasteiger partial charge in [-0.05, 0) is 6.08 Å². The number of carbonyl (C=O) groups excluding carboxylic acids is 2. The molecule has 100 valence electrons. The molecule has 0 aromatic heterocycles. The van der Waals surface area contributed by atoms with Crippen molar-refractivity contribution >= 4 is 29.5 Å². The maximum Gasteiger partial charge on any atom is 0.353 e. The standard InChI is InChI=1S/C11H10N2O5S/c1-18-13-5(3-8(13)14)2-6-9(15)12-7(11(16)17)4-19-10(6)12/h2,4-5,10H,3H2,1H3,(H,16,17)/b6-2-/t5-,10+/m0/s1. The summed E-state index contributed by atoms with van der Waals surface area (Å²) in [5.41, 5.74) is 0.530. The number of carboxylic acids is 1. The number of rotatable bonds is 3. The molecule has 3 aliphatic heterocycles. The Kier molecular flexibility index (Phi) is 2.64. The van der Waals surface area contributed by atoms with E-state index in [2.05, 4.69) is 0 Å². The lowest BCUT2D eigenvalue weighted by Gasteiger charge is -2.41. The number of hydrogen-bond donors (Lipinski definition) is 1. The minimum Gasteiger partial charge on any atom is -0.477 e. The van der Waals surface area contributed by atoms with Crippen molar-refractivity contribution in [3.63, 3.8) is 0 Å². The fourth-order valence-corrected chi connectivity index (χ4v) is 3.41. The Morgan fingerprint density at radius 1 is 1.58 bits per heavy atom. The highest BCUT2D eigenvalue weighted by molar-refractivity contribution is 8.03. The summed E-state index contributed by atoms with van der Waals surface area (Å²) in [7, 11) is 1.39. The zero-order valence-electron chi connectivity index (χ0n) is 9.90. The molecular formula is C11H10N2O5S. The largest absolute Gasteiger partial charge is 0.477 e. The number of nitrogens with zero attached hydrogens (tertiary/aromatic N) is 2. The number of amides is 2. The molecule has 0 unspecified atom stereocenters. The highest BCUT2D eigenvalue weighted by Gasteiger charge is 2.50. The molecule has 0 spiro atoms. The minimum absolute atomic E-state index is 0.00503.